The van der Waals surface area contributed by atoms with Crippen molar-refractivity contribution in [2.75, 3.05) is 20.2 Å². The Morgan fingerprint density at radius 1 is 1.44 bits per heavy atom. The average Bonchev–Trinajstić information content (AvgIpc) is 2.88. The number of carbonyl (C=O) groups excluding carboxylic acids is 1. The van der Waals surface area contributed by atoms with Gasteiger partial charge >= 0.3 is 0 Å². The van der Waals surface area contributed by atoms with Gasteiger partial charge in [-0.25, -0.2) is 0 Å². The first-order valence-electron chi connectivity index (χ1n) is 6.37. The van der Waals surface area contributed by atoms with Gasteiger partial charge in [-0.3, -0.25) is 4.79 Å². The third-order valence-corrected chi connectivity index (χ3v) is 3.48. The van der Waals surface area contributed by atoms with Crippen LogP contribution in [-0.2, 0) is 11.2 Å². The second-order valence-corrected chi connectivity index (χ2v) is 4.64. The van der Waals surface area contributed by atoms with E-state index in [1.54, 1.807) is 7.11 Å². The molecular formula is C14H20N2O2. The van der Waals surface area contributed by atoms with Crippen LogP contribution in [0.15, 0.2) is 24.3 Å². The Kier molecular flexibility index (Phi) is 4.20. The summed E-state index contributed by atoms with van der Waals surface area (Å²) >= 11 is 0. The Balaban J connectivity index is 1.97. The normalized spacial score (nSPS) is 19.0. The van der Waals surface area contributed by atoms with Gasteiger partial charge in [-0.05, 0) is 30.5 Å². The Morgan fingerprint density at radius 3 is 2.78 bits per heavy atom. The van der Waals surface area contributed by atoms with Gasteiger partial charge < -0.3 is 15.4 Å². The largest absolute Gasteiger partial charge is 0.497 e. The van der Waals surface area contributed by atoms with Gasteiger partial charge in [0.15, 0.2) is 0 Å². The molecule has 0 spiro atoms. The zero-order chi connectivity index (χ0) is 13.0. The summed E-state index contributed by atoms with van der Waals surface area (Å²) in [6.45, 7) is 1.41. The van der Waals surface area contributed by atoms with Crippen molar-refractivity contribution in [1.82, 2.24) is 4.90 Å². The molecule has 1 amide bonds. The zero-order valence-corrected chi connectivity index (χ0v) is 10.8. The molecule has 1 aliphatic rings. The number of methoxy groups -OCH3 is 1. The van der Waals surface area contributed by atoms with E-state index in [0.29, 0.717) is 13.0 Å². The number of likely N-dealkylation sites (tertiary alicyclic amines) is 1. The maximum absolute atomic E-state index is 12.2. The standard InChI is InChI=1S/C14H20N2O2/c1-18-13-6-4-11(5-7-13)9-14(17)16-8-2-3-12(16)10-15/h4-7,12H,2-3,8-10,15H2,1H3. The number of nitrogens with two attached hydrogens (primary N) is 1. The summed E-state index contributed by atoms with van der Waals surface area (Å²) in [7, 11) is 1.64. The van der Waals surface area contributed by atoms with E-state index in [2.05, 4.69) is 0 Å². The van der Waals surface area contributed by atoms with Gasteiger partial charge in [-0.2, -0.15) is 0 Å². The van der Waals surface area contributed by atoms with E-state index in [4.69, 9.17) is 10.5 Å². The molecular weight excluding hydrogens is 228 g/mol. The lowest BCUT2D eigenvalue weighted by Crippen LogP contribution is -2.40. The number of hydrogen-bond donors (Lipinski definition) is 1. The molecule has 1 aromatic carbocycles. The molecule has 1 heterocycles. The molecule has 0 saturated carbocycles. The van der Waals surface area contributed by atoms with E-state index < -0.39 is 0 Å². The van der Waals surface area contributed by atoms with E-state index in [0.717, 1.165) is 30.7 Å². The number of benzene rings is 1. The van der Waals surface area contributed by atoms with Crippen LogP contribution in [0, 0.1) is 0 Å². The fourth-order valence-corrected chi connectivity index (χ4v) is 2.43. The van der Waals surface area contributed by atoms with Crippen molar-refractivity contribution in [2.45, 2.75) is 25.3 Å². The van der Waals surface area contributed by atoms with Gasteiger partial charge in [0.25, 0.3) is 0 Å². The summed E-state index contributed by atoms with van der Waals surface area (Å²) in [5, 5.41) is 0. The lowest BCUT2D eigenvalue weighted by atomic mass is 10.1. The van der Waals surface area contributed by atoms with Crippen LogP contribution in [0.1, 0.15) is 18.4 Å². The summed E-state index contributed by atoms with van der Waals surface area (Å²) < 4.78 is 5.10. The minimum atomic E-state index is 0.174. The van der Waals surface area contributed by atoms with Crippen LogP contribution in [0.5, 0.6) is 5.75 Å². The van der Waals surface area contributed by atoms with Crippen molar-refractivity contribution in [2.24, 2.45) is 5.73 Å². The van der Waals surface area contributed by atoms with Crippen molar-refractivity contribution >= 4 is 5.91 Å². The lowest BCUT2D eigenvalue weighted by molar-refractivity contribution is -0.131. The van der Waals surface area contributed by atoms with Crippen molar-refractivity contribution in [3.8, 4) is 5.75 Å². The van der Waals surface area contributed by atoms with Gasteiger partial charge in [0.05, 0.1) is 13.5 Å². The van der Waals surface area contributed by atoms with Crippen LogP contribution in [0.2, 0.25) is 0 Å². The first-order valence-corrected chi connectivity index (χ1v) is 6.37. The van der Waals surface area contributed by atoms with Gasteiger partial charge in [-0.1, -0.05) is 12.1 Å². The molecule has 1 atom stereocenters. The highest BCUT2D eigenvalue weighted by Gasteiger charge is 2.27. The number of carbonyl (C=O) groups is 1. The first-order chi connectivity index (χ1) is 8.74. The third kappa shape index (κ3) is 2.82. The molecule has 1 aliphatic heterocycles. The van der Waals surface area contributed by atoms with Crippen molar-refractivity contribution in [3.63, 3.8) is 0 Å². The molecule has 2 N–H and O–H groups in total. The van der Waals surface area contributed by atoms with Crippen LogP contribution in [-0.4, -0.2) is 37.0 Å². The highest BCUT2D eigenvalue weighted by Crippen LogP contribution is 2.18. The van der Waals surface area contributed by atoms with Crippen molar-refractivity contribution in [3.05, 3.63) is 29.8 Å². The molecule has 0 radical (unpaired) electrons. The van der Waals surface area contributed by atoms with Gasteiger partial charge in [0.1, 0.15) is 5.75 Å². The topological polar surface area (TPSA) is 55.6 Å². The number of hydrogen-bond acceptors (Lipinski definition) is 3. The van der Waals surface area contributed by atoms with Crippen LogP contribution < -0.4 is 10.5 Å². The highest BCUT2D eigenvalue weighted by molar-refractivity contribution is 5.79. The Morgan fingerprint density at radius 2 is 2.17 bits per heavy atom. The van der Waals surface area contributed by atoms with Gasteiger partial charge in [0.2, 0.25) is 5.91 Å². The second-order valence-electron chi connectivity index (χ2n) is 4.64. The molecule has 0 aromatic heterocycles. The smallest absolute Gasteiger partial charge is 0.227 e. The second kappa shape index (κ2) is 5.87. The summed E-state index contributed by atoms with van der Waals surface area (Å²) in [5.74, 6) is 0.986. The molecule has 0 bridgehead atoms. The minimum Gasteiger partial charge on any atom is -0.497 e. The fraction of sp³-hybridized carbons (Fsp3) is 0.500. The average molecular weight is 248 g/mol. The van der Waals surface area contributed by atoms with Gasteiger partial charge in [-0.15, -0.1) is 0 Å². The Hall–Kier alpha value is -1.55. The summed E-state index contributed by atoms with van der Waals surface area (Å²) in [5.41, 5.74) is 6.70. The number of amides is 1. The molecule has 1 unspecified atom stereocenters. The monoisotopic (exact) mass is 248 g/mol. The highest BCUT2D eigenvalue weighted by atomic mass is 16.5. The molecule has 4 nitrogen and oxygen atoms in total. The quantitative estimate of drug-likeness (QED) is 0.870. The fourth-order valence-electron chi connectivity index (χ4n) is 2.43. The van der Waals surface area contributed by atoms with E-state index in [1.807, 2.05) is 29.2 Å². The maximum Gasteiger partial charge on any atom is 0.227 e. The molecule has 98 valence electrons. The predicted molar refractivity (Wildman–Crippen MR) is 70.5 cm³/mol. The molecule has 4 heteroatoms. The van der Waals surface area contributed by atoms with Crippen LogP contribution in [0.3, 0.4) is 0 Å². The molecule has 18 heavy (non-hydrogen) atoms. The van der Waals surface area contributed by atoms with E-state index >= 15 is 0 Å². The number of rotatable bonds is 4. The minimum absolute atomic E-state index is 0.174. The zero-order valence-electron chi connectivity index (χ0n) is 10.8. The van der Waals surface area contributed by atoms with Gasteiger partial charge in [0, 0.05) is 19.1 Å². The number of ether oxygens (including phenoxy) is 1. The third-order valence-electron chi connectivity index (χ3n) is 3.48. The lowest BCUT2D eigenvalue weighted by Gasteiger charge is -2.23. The number of nitrogens with zero attached hydrogens (tertiary/aromatic N) is 1. The van der Waals surface area contributed by atoms with Crippen LogP contribution >= 0.6 is 0 Å². The first kappa shape index (κ1) is 12.9. The van der Waals surface area contributed by atoms with Crippen LogP contribution in [0.4, 0.5) is 0 Å². The van der Waals surface area contributed by atoms with E-state index in [1.165, 1.54) is 0 Å². The summed E-state index contributed by atoms with van der Waals surface area (Å²) in [6, 6.07) is 7.87. The molecule has 1 saturated heterocycles. The molecule has 0 aliphatic carbocycles. The molecule has 2 rings (SSSR count). The molecule has 1 aromatic rings. The van der Waals surface area contributed by atoms with Crippen molar-refractivity contribution < 1.29 is 9.53 Å². The summed E-state index contributed by atoms with van der Waals surface area (Å²) in [6.07, 6.45) is 2.54. The Labute approximate surface area is 108 Å². The maximum atomic E-state index is 12.2. The van der Waals surface area contributed by atoms with E-state index in [9.17, 15) is 4.79 Å². The SMILES string of the molecule is COc1ccc(CC(=O)N2CCCC2CN)cc1. The van der Waals surface area contributed by atoms with Crippen molar-refractivity contribution in [1.29, 1.82) is 0 Å². The molecule has 1 fully saturated rings. The van der Waals surface area contributed by atoms with Crippen LogP contribution in [0.25, 0.3) is 0 Å². The predicted octanol–water partition coefficient (Wildman–Crippen LogP) is 1.19. The Bertz CT molecular complexity index is 403. The van der Waals surface area contributed by atoms with E-state index in [-0.39, 0.29) is 11.9 Å². The summed E-state index contributed by atoms with van der Waals surface area (Å²) in [4.78, 5) is 14.1.